The molecule has 0 radical (unpaired) electrons. The van der Waals surface area contributed by atoms with Crippen LogP contribution in [0, 0.1) is 10.1 Å². The molecule has 9 nitrogen and oxygen atoms in total. The van der Waals surface area contributed by atoms with Gasteiger partial charge in [0.25, 0.3) is 5.69 Å². The Hall–Kier alpha value is -2.68. The van der Waals surface area contributed by atoms with Gasteiger partial charge in [0.15, 0.2) is 0 Å². The Balaban J connectivity index is 2.07. The van der Waals surface area contributed by atoms with Crippen molar-refractivity contribution in [3.63, 3.8) is 0 Å². The number of piperazine rings is 1. The molecule has 136 valence electrons. The molecular weight excluding hydrogens is 330 g/mol. The van der Waals surface area contributed by atoms with Crippen LogP contribution < -0.4 is 10.1 Å². The predicted molar refractivity (Wildman–Crippen MR) is 88.3 cm³/mol. The van der Waals surface area contributed by atoms with Crippen LogP contribution >= 0.6 is 0 Å². The Morgan fingerprint density at radius 2 is 1.92 bits per heavy atom. The van der Waals surface area contributed by atoms with E-state index in [9.17, 15) is 19.7 Å². The lowest BCUT2D eigenvalue weighted by Gasteiger charge is -2.35. The van der Waals surface area contributed by atoms with Crippen molar-refractivity contribution in [1.29, 1.82) is 0 Å². The van der Waals surface area contributed by atoms with Gasteiger partial charge in [-0.2, -0.15) is 0 Å². The average molecular weight is 351 g/mol. The maximum Gasteiger partial charge on any atom is 0.416 e. The molecule has 1 saturated heterocycles. The molecule has 1 aliphatic heterocycles. The Morgan fingerprint density at radius 1 is 1.28 bits per heavy atom. The van der Waals surface area contributed by atoms with Crippen LogP contribution in [0.3, 0.4) is 0 Å². The van der Waals surface area contributed by atoms with Crippen LogP contribution in [0.2, 0.25) is 0 Å². The molecule has 1 aromatic carbocycles. The molecule has 9 heteroatoms. The third kappa shape index (κ3) is 5.15. The van der Waals surface area contributed by atoms with Crippen molar-refractivity contribution in [2.45, 2.75) is 32.4 Å². The van der Waals surface area contributed by atoms with E-state index < -0.39 is 28.6 Å². The monoisotopic (exact) mass is 351 g/mol. The van der Waals surface area contributed by atoms with E-state index in [2.05, 4.69) is 5.32 Å². The number of nitrogens with one attached hydrogen (secondary N) is 1. The van der Waals surface area contributed by atoms with Crippen LogP contribution in [-0.2, 0) is 9.53 Å². The van der Waals surface area contributed by atoms with Crippen molar-refractivity contribution in [3.05, 3.63) is 34.4 Å². The van der Waals surface area contributed by atoms with Crippen molar-refractivity contribution >= 4 is 17.7 Å². The van der Waals surface area contributed by atoms with Crippen LogP contribution in [0.1, 0.15) is 20.8 Å². The zero-order chi connectivity index (χ0) is 18.6. The van der Waals surface area contributed by atoms with Gasteiger partial charge in [-0.05, 0) is 32.9 Å². The zero-order valence-electron chi connectivity index (χ0n) is 14.4. The van der Waals surface area contributed by atoms with Crippen LogP contribution in [0.15, 0.2) is 24.3 Å². The van der Waals surface area contributed by atoms with Gasteiger partial charge in [0, 0.05) is 31.8 Å². The van der Waals surface area contributed by atoms with Crippen LogP contribution in [0.5, 0.6) is 5.75 Å². The first-order valence-corrected chi connectivity index (χ1v) is 7.84. The fourth-order valence-corrected chi connectivity index (χ4v) is 2.30. The number of hydrogen-bond acceptors (Lipinski definition) is 7. The lowest BCUT2D eigenvalue weighted by molar-refractivity contribution is -0.384. The number of esters is 1. The fraction of sp³-hybridized carbons (Fsp3) is 0.500. The lowest BCUT2D eigenvalue weighted by Crippen LogP contribution is -2.58. The molecule has 1 aliphatic rings. The first-order valence-electron chi connectivity index (χ1n) is 7.84. The highest BCUT2D eigenvalue weighted by Gasteiger charge is 2.36. The summed E-state index contributed by atoms with van der Waals surface area (Å²) in [6.07, 6.45) is -0.703. The minimum atomic E-state index is -0.793. The number of amides is 1. The second kappa shape index (κ2) is 7.47. The van der Waals surface area contributed by atoms with E-state index >= 15 is 0 Å². The molecule has 1 fully saturated rings. The molecule has 2 rings (SSSR count). The SMILES string of the molecule is CC(C)(C)OC(=O)C1CNCCN1C(=O)Oc1ccc([N+](=O)[O-])cc1. The van der Waals surface area contributed by atoms with E-state index in [0.717, 1.165) is 0 Å². The number of nitro groups is 1. The summed E-state index contributed by atoms with van der Waals surface area (Å²) in [5.41, 5.74) is -0.767. The molecular formula is C16H21N3O6. The quantitative estimate of drug-likeness (QED) is 0.501. The Labute approximate surface area is 145 Å². The number of nitrogens with zero attached hydrogens (tertiary/aromatic N) is 2. The van der Waals surface area contributed by atoms with Crippen LogP contribution in [0.4, 0.5) is 10.5 Å². The van der Waals surface area contributed by atoms with Gasteiger partial charge in [0.05, 0.1) is 4.92 Å². The molecule has 0 aromatic heterocycles. The second-order valence-corrected chi connectivity index (χ2v) is 6.57. The van der Waals surface area contributed by atoms with E-state index in [4.69, 9.17) is 9.47 Å². The predicted octanol–water partition coefficient (Wildman–Crippen LogP) is 1.71. The van der Waals surface area contributed by atoms with E-state index in [0.29, 0.717) is 6.54 Å². The van der Waals surface area contributed by atoms with E-state index in [1.165, 1.54) is 29.2 Å². The van der Waals surface area contributed by atoms with Gasteiger partial charge >= 0.3 is 12.1 Å². The number of carbonyl (C=O) groups is 2. The van der Waals surface area contributed by atoms with E-state index in [1.54, 1.807) is 20.8 Å². The summed E-state index contributed by atoms with van der Waals surface area (Å²) >= 11 is 0. The van der Waals surface area contributed by atoms with Gasteiger partial charge in [-0.3, -0.25) is 15.0 Å². The summed E-state index contributed by atoms with van der Waals surface area (Å²) in [6.45, 7) is 6.33. The topological polar surface area (TPSA) is 111 Å². The third-order valence-corrected chi connectivity index (χ3v) is 3.41. The number of rotatable bonds is 3. The number of benzene rings is 1. The van der Waals surface area contributed by atoms with Gasteiger partial charge in [-0.25, -0.2) is 9.59 Å². The van der Waals surface area contributed by atoms with Gasteiger partial charge in [0.1, 0.15) is 17.4 Å². The Bertz CT molecular complexity index is 653. The average Bonchev–Trinajstić information content (AvgIpc) is 2.53. The van der Waals surface area contributed by atoms with Gasteiger partial charge < -0.3 is 14.8 Å². The minimum absolute atomic E-state index is 0.103. The largest absolute Gasteiger partial charge is 0.458 e. The lowest BCUT2D eigenvalue weighted by atomic mass is 10.1. The highest BCUT2D eigenvalue weighted by Crippen LogP contribution is 2.19. The summed E-state index contributed by atoms with van der Waals surface area (Å²) in [5, 5.41) is 13.7. The summed E-state index contributed by atoms with van der Waals surface area (Å²) < 4.78 is 10.6. The Morgan fingerprint density at radius 3 is 2.48 bits per heavy atom. The van der Waals surface area contributed by atoms with Crippen LogP contribution in [-0.4, -0.2) is 53.2 Å². The zero-order valence-corrected chi connectivity index (χ0v) is 14.4. The van der Waals surface area contributed by atoms with Crippen molar-refractivity contribution < 1.29 is 24.0 Å². The molecule has 1 heterocycles. The molecule has 1 N–H and O–H groups in total. The number of non-ortho nitro benzene ring substituents is 1. The standard InChI is InChI=1S/C16H21N3O6/c1-16(2,3)25-14(20)13-10-17-8-9-18(13)15(21)24-12-6-4-11(5-7-12)19(22)23/h4-7,13,17H,8-10H2,1-3H3. The van der Waals surface area contributed by atoms with Gasteiger partial charge in [0.2, 0.25) is 0 Å². The molecule has 0 spiro atoms. The maximum absolute atomic E-state index is 12.4. The number of carbonyl (C=O) groups excluding carboxylic acids is 2. The van der Waals surface area contributed by atoms with Crippen molar-refractivity contribution in [3.8, 4) is 5.75 Å². The summed E-state index contributed by atoms with van der Waals surface area (Å²) in [7, 11) is 0. The summed E-state index contributed by atoms with van der Waals surface area (Å²) in [4.78, 5) is 36.1. The van der Waals surface area contributed by atoms with Crippen LogP contribution in [0.25, 0.3) is 0 Å². The fourth-order valence-electron chi connectivity index (χ4n) is 2.30. The maximum atomic E-state index is 12.4. The second-order valence-electron chi connectivity index (χ2n) is 6.57. The summed E-state index contributed by atoms with van der Waals surface area (Å²) in [5.74, 6) is -0.350. The molecule has 1 aromatic rings. The molecule has 1 atom stereocenters. The number of hydrogen-bond donors (Lipinski definition) is 1. The highest BCUT2D eigenvalue weighted by molar-refractivity contribution is 5.83. The first kappa shape index (κ1) is 18.7. The number of nitro benzene ring substituents is 1. The van der Waals surface area contributed by atoms with Gasteiger partial charge in [-0.1, -0.05) is 0 Å². The molecule has 25 heavy (non-hydrogen) atoms. The van der Waals surface area contributed by atoms with Crippen molar-refractivity contribution in [1.82, 2.24) is 10.2 Å². The molecule has 0 bridgehead atoms. The molecule has 1 amide bonds. The third-order valence-electron chi connectivity index (χ3n) is 3.41. The minimum Gasteiger partial charge on any atom is -0.458 e. The Kier molecular flexibility index (Phi) is 5.58. The summed E-state index contributed by atoms with van der Waals surface area (Å²) in [6, 6.07) is 4.36. The van der Waals surface area contributed by atoms with Crippen molar-refractivity contribution in [2.24, 2.45) is 0 Å². The normalized spacial score (nSPS) is 17.7. The molecule has 0 aliphatic carbocycles. The molecule has 1 unspecified atom stereocenters. The van der Waals surface area contributed by atoms with Gasteiger partial charge in [-0.15, -0.1) is 0 Å². The van der Waals surface area contributed by atoms with E-state index in [1.807, 2.05) is 0 Å². The highest BCUT2D eigenvalue weighted by atomic mass is 16.6. The van der Waals surface area contributed by atoms with E-state index in [-0.39, 0.29) is 24.5 Å². The first-order chi connectivity index (χ1) is 11.7. The smallest absolute Gasteiger partial charge is 0.416 e. The molecule has 0 saturated carbocycles. The van der Waals surface area contributed by atoms with Crippen molar-refractivity contribution in [2.75, 3.05) is 19.6 Å². The number of ether oxygens (including phenoxy) is 2.